The zero-order valence-corrected chi connectivity index (χ0v) is 12.7. The average Bonchev–Trinajstić information content (AvgIpc) is 3.07. The minimum Gasteiger partial charge on any atom is -0.465 e. The Morgan fingerprint density at radius 2 is 2.29 bits per heavy atom. The lowest BCUT2D eigenvalue weighted by Crippen LogP contribution is -2.16. The monoisotopic (exact) mass is 332 g/mol. The van der Waals surface area contributed by atoms with Gasteiger partial charge in [-0.05, 0) is 18.4 Å². The minimum atomic E-state index is -3.99. The molecular formula is C10H12N4O5S2. The van der Waals surface area contributed by atoms with Crippen LogP contribution in [0.3, 0.4) is 0 Å². The van der Waals surface area contributed by atoms with Crippen molar-refractivity contribution in [2.45, 2.75) is 11.8 Å². The molecule has 0 spiro atoms. The molecule has 2 N–H and O–H groups in total. The molecule has 0 saturated carbocycles. The van der Waals surface area contributed by atoms with Crippen molar-refractivity contribution in [2.24, 2.45) is 0 Å². The van der Waals surface area contributed by atoms with Crippen LogP contribution in [0.4, 0.5) is 5.95 Å². The number of sulfonamides is 1. The molecule has 0 aliphatic heterocycles. The molecule has 0 fully saturated rings. The second kappa shape index (κ2) is 6.10. The van der Waals surface area contributed by atoms with Crippen LogP contribution in [0.1, 0.15) is 16.6 Å². The Morgan fingerprint density at radius 1 is 1.52 bits per heavy atom. The first-order valence-corrected chi connectivity index (χ1v) is 8.08. The van der Waals surface area contributed by atoms with Gasteiger partial charge < -0.3 is 9.47 Å². The number of hydrogen-bond acceptors (Lipinski definition) is 8. The predicted octanol–water partition coefficient (Wildman–Crippen LogP) is 0.852. The third kappa shape index (κ3) is 3.31. The van der Waals surface area contributed by atoms with Crippen LogP contribution in [0.5, 0.6) is 6.01 Å². The smallest absolute Gasteiger partial charge is 0.349 e. The number of hydrogen-bond donors (Lipinski definition) is 2. The molecule has 2 aromatic heterocycles. The summed E-state index contributed by atoms with van der Waals surface area (Å²) in [5.41, 5.74) is 0. The normalized spacial score (nSPS) is 11.1. The van der Waals surface area contributed by atoms with Crippen molar-refractivity contribution < 1.29 is 22.7 Å². The fourth-order valence-electron chi connectivity index (χ4n) is 1.42. The van der Waals surface area contributed by atoms with Crippen LogP contribution in [0, 0.1) is 0 Å². The number of nitrogens with one attached hydrogen (secondary N) is 2. The number of ether oxygens (including phenoxy) is 2. The number of carbonyl (C=O) groups excluding carboxylic acids is 1. The van der Waals surface area contributed by atoms with Gasteiger partial charge in [0.15, 0.2) is 0 Å². The Labute approximate surface area is 124 Å². The molecule has 0 saturated heterocycles. The van der Waals surface area contributed by atoms with Gasteiger partial charge in [0.1, 0.15) is 9.77 Å². The fourth-order valence-corrected chi connectivity index (χ4v) is 3.71. The van der Waals surface area contributed by atoms with Crippen molar-refractivity contribution >= 4 is 33.3 Å². The van der Waals surface area contributed by atoms with E-state index in [-0.39, 0.29) is 21.7 Å². The second-order valence-corrected chi connectivity index (χ2v) is 6.18. The van der Waals surface area contributed by atoms with E-state index in [1.54, 1.807) is 6.92 Å². The van der Waals surface area contributed by atoms with Crippen molar-refractivity contribution in [3.63, 3.8) is 0 Å². The molecule has 0 aromatic carbocycles. The summed E-state index contributed by atoms with van der Waals surface area (Å²) in [6, 6.07) is 1.33. The summed E-state index contributed by atoms with van der Waals surface area (Å²) in [5, 5.41) is 7.53. The van der Waals surface area contributed by atoms with E-state index in [0.29, 0.717) is 6.61 Å². The molecule has 0 aliphatic rings. The van der Waals surface area contributed by atoms with Gasteiger partial charge in [0, 0.05) is 0 Å². The lowest BCUT2D eigenvalue weighted by Gasteiger charge is -2.04. The Hall–Kier alpha value is -2.14. The van der Waals surface area contributed by atoms with Gasteiger partial charge in [-0.25, -0.2) is 23.0 Å². The summed E-state index contributed by atoms with van der Waals surface area (Å²) in [6.45, 7) is 2.09. The lowest BCUT2D eigenvalue weighted by atomic mass is 10.5. The number of esters is 1. The zero-order valence-electron chi connectivity index (χ0n) is 11.1. The summed E-state index contributed by atoms with van der Waals surface area (Å²) in [7, 11) is -2.81. The first-order chi connectivity index (χ1) is 9.97. The first kappa shape index (κ1) is 15.3. The highest BCUT2D eigenvalue weighted by atomic mass is 32.2. The molecule has 9 nitrogen and oxygen atoms in total. The van der Waals surface area contributed by atoms with Gasteiger partial charge >= 0.3 is 12.0 Å². The van der Waals surface area contributed by atoms with Crippen LogP contribution in [-0.4, -0.2) is 43.3 Å². The van der Waals surface area contributed by atoms with Crippen LogP contribution in [0.25, 0.3) is 0 Å². The molecular weight excluding hydrogens is 320 g/mol. The number of thiophene rings is 1. The topological polar surface area (TPSA) is 123 Å². The summed E-state index contributed by atoms with van der Waals surface area (Å²) in [4.78, 5) is 15.1. The highest BCUT2D eigenvalue weighted by Gasteiger charge is 2.25. The highest BCUT2D eigenvalue weighted by molar-refractivity contribution is 7.93. The molecule has 114 valence electrons. The minimum absolute atomic E-state index is 0.0189. The van der Waals surface area contributed by atoms with E-state index >= 15 is 0 Å². The molecule has 21 heavy (non-hydrogen) atoms. The summed E-state index contributed by atoms with van der Waals surface area (Å²) < 4.78 is 36.2. The largest absolute Gasteiger partial charge is 0.465 e. The van der Waals surface area contributed by atoms with Crippen LogP contribution in [0.2, 0.25) is 0 Å². The van der Waals surface area contributed by atoms with Gasteiger partial charge in [-0.3, -0.25) is 0 Å². The number of carbonyl (C=O) groups is 1. The van der Waals surface area contributed by atoms with Gasteiger partial charge in [0.25, 0.3) is 10.0 Å². The molecule has 0 atom stereocenters. The molecule has 2 rings (SSSR count). The highest BCUT2D eigenvalue weighted by Crippen LogP contribution is 2.24. The predicted molar refractivity (Wildman–Crippen MR) is 74.0 cm³/mol. The van der Waals surface area contributed by atoms with Gasteiger partial charge in [-0.15, -0.1) is 16.4 Å². The maximum Gasteiger partial charge on any atom is 0.349 e. The quantitative estimate of drug-likeness (QED) is 0.752. The molecule has 11 heteroatoms. The van der Waals surface area contributed by atoms with Crippen molar-refractivity contribution in [1.29, 1.82) is 0 Å². The van der Waals surface area contributed by atoms with E-state index in [4.69, 9.17) is 4.74 Å². The Balaban J connectivity index is 2.26. The van der Waals surface area contributed by atoms with Gasteiger partial charge in [-0.1, -0.05) is 0 Å². The number of anilines is 1. The summed E-state index contributed by atoms with van der Waals surface area (Å²) >= 11 is 0.968. The Kier molecular flexibility index (Phi) is 4.43. The van der Waals surface area contributed by atoms with Gasteiger partial charge in [0.2, 0.25) is 5.95 Å². The van der Waals surface area contributed by atoms with E-state index in [1.807, 2.05) is 0 Å². The van der Waals surface area contributed by atoms with Crippen LogP contribution in [-0.2, 0) is 14.8 Å². The number of methoxy groups -OCH3 is 1. The summed E-state index contributed by atoms with van der Waals surface area (Å²) in [5.74, 6) is -0.835. The maximum atomic E-state index is 12.2. The van der Waals surface area contributed by atoms with Gasteiger partial charge in [0.05, 0.1) is 13.7 Å². The fraction of sp³-hybridized carbons (Fsp3) is 0.300. The van der Waals surface area contributed by atoms with E-state index in [1.165, 1.54) is 18.6 Å². The zero-order chi connectivity index (χ0) is 15.5. The van der Waals surface area contributed by atoms with E-state index in [9.17, 15) is 13.2 Å². The third-order valence-electron chi connectivity index (χ3n) is 2.26. The summed E-state index contributed by atoms with van der Waals surface area (Å²) in [6.07, 6.45) is 0. The van der Waals surface area contributed by atoms with Gasteiger partial charge in [-0.2, -0.15) is 4.98 Å². The Bertz CT molecular complexity index is 736. The number of rotatable bonds is 6. The average molecular weight is 332 g/mol. The number of nitrogens with zero attached hydrogens (tertiary/aromatic N) is 2. The molecule has 0 unspecified atom stereocenters. The van der Waals surface area contributed by atoms with Crippen molar-refractivity contribution in [1.82, 2.24) is 15.2 Å². The third-order valence-corrected chi connectivity index (χ3v) is 4.66. The van der Waals surface area contributed by atoms with Crippen molar-refractivity contribution in [3.8, 4) is 6.01 Å². The molecule has 0 aliphatic carbocycles. The second-order valence-electron chi connectivity index (χ2n) is 3.61. The Morgan fingerprint density at radius 3 is 2.95 bits per heavy atom. The molecule has 0 amide bonds. The molecule has 0 bridgehead atoms. The first-order valence-electron chi connectivity index (χ1n) is 5.71. The van der Waals surface area contributed by atoms with E-state index in [2.05, 4.69) is 24.6 Å². The van der Waals surface area contributed by atoms with Crippen LogP contribution < -0.4 is 9.46 Å². The number of aromatic nitrogens is 3. The van der Waals surface area contributed by atoms with Crippen molar-refractivity contribution in [3.05, 3.63) is 16.3 Å². The standard InChI is InChI=1S/C10H12N4O5S2/c1-3-19-10-11-9(12-13-10)14-21(16,17)6-4-5-20-7(6)8(15)18-2/h4-5H,3H2,1-2H3,(H2,11,12,13,14). The van der Waals surface area contributed by atoms with Crippen LogP contribution >= 0.6 is 11.3 Å². The molecule has 2 aromatic rings. The maximum absolute atomic E-state index is 12.2. The lowest BCUT2D eigenvalue weighted by molar-refractivity contribution is 0.0602. The molecule has 2 heterocycles. The van der Waals surface area contributed by atoms with E-state index < -0.39 is 16.0 Å². The molecule has 0 radical (unpaired) electrons. The van der Waals surface area contributed by atoms with Crippen LogP contribution in [0.15, 0.2) is 16.3 Å². The number of H-pyrrole nitrogens is 1. The van der Waals surface area contributed by atoms with E-state index in [0.717, 1.165) is 11.3 Å². The SMILES string of the molecule is CCOc1n[nH]c(NS(=O)(=O)c2ccsc2C(=O)OC)n1. The van der Waals surface area contributed by atoms with Crippen molar-refractivity contribution in [2.75, 3.05) is 18.4 Å². The number of aromatic amines is 1.